The highest BCUT2D eigenvalue weighted by molar-refractivity contribution is 8.01. The Morgan fingerprint density at radius 2 is 1.85 bits per heavy atom. The van der Waals surface area contributed by atoms with Gasteiger partial charge >= 0.3 is 6.03 Å². The van der Waals surface area contributed by atoms with E-state index in [2.05, 4.69) is 5.32 Å². The predicted molar refractivity (Wildman–Crippen MR) is 128 cm³/mol. The Balaban J connectivity index is 1.48. The quantitative estimate of drug-likeness (QED) is 0.608. The second-order valence-corrected chi connectivity index (χ2v) is 9.62. The first-order valence-corrected chi connectivity index (χ1v) is 11.9. The van der Waals surface area contributed by atoms with Gasteiger partial charge in [0.1, 0.15) is 5.82 Å². The lowest BCUT2D eigenvalue weighted by Crippen LogP contribution is -2.53. The summed E-state index contributed by atoms with van der Waals surface area (Å²) in [4.78, 5) is 29.2. The first-order chi connectivity index (χ1) is 16.0. The lowest BCUT2D eigenvalue weighted by molar-refractivity contribution is -0.123. The summed E-state index contributed by atoms with van der Waals surface area (Å²) in [6, 6.07) is 21.7. The number of anilines is 1. The number of fused-ring (bicyclic) bond motifs is 2. The number of nitrogens with one attached hydrogen (secondary N) is 1. The number of rotatable bonds is 4. The van der Waals surface area contributed by atoms with Crippen molar-refractivity contribution in [1.29, 1.82) is 0 Å². The summed E-state index contributed by atoms with van der Waals surface area (Å²) in [7, 11) is 0. The van der Waals surface area contributed by atoms with Gasteiger partial charge < -0.3 is 10.2 Å². The van der Waals surface area contributed by atoms with Crippen LogP contribution in [0, 0.1) is 12.7 Å². The van der Waals surface area contributed by atoms with E-state index in [1.54, 1.807) is 15.9 Å². The standard InChI is InChI=1S/C26H24FN3O2S/c1-18-6-5-9-20(14-18)17-29-23-11-10-21(27)15-22(23)26(24(29)31)30(12-13-33-26)25(32)28-16-19-7-3-2-4-8-19/h2-11,14-15H,12-13,16-17H2,1H3,(H,28,32)/t26-/m1/s1. The van der Waals surface area contributed by atoms with Gasteiger partial charge in [-0.15, -0.1) is 11.8 Å². The third kappa shape index (κ3) is 3.76. The van der Waals surface area contributed by atoms with E-state index in [9.17, 15) is 14.0 Å². The molecule has 0 aliphatic carbocycles. The molecule has 3 aromatic rings. The minimum absolute atomic E-state index is 0.207. The predicted octanol–water partition coefficient (Wildman–Crippen LogP) is 4.79. The van der Waals surface area contributed by atoms with Crippen LogP contribution >= 0.6 is 11.8 Å². The number of carbonyl (C=O) groups is 2. The molecule has 7 heteroatoms. The van der Waals surface area contributed by atoms with Crippen LogP contribution in [-0.4, -0.2) is 29.1 Å². The molecule has 1 spiro atoms. The molecule has 1 fully saturated rings. The van der Waals surface area contributed by atoms with E-state index in [0.29, 0.717) is 36.6 Å². The Hall–Kier alpha value is -3.32. The van der Waals surface area contributed by atoms with Crippen molar-refractivity contribution in [3.8, 4) is 0 Å². The molecule has 5 rings (SSSR count). The summed E-state index contributed by atoms with van der Waals surface area (Å²) in [5.74, 6) is -0.0314. The highest BCUT2D eigenvalue weighted by Crippen LogP contribution is 2.54. The average molecular weight is 462 g/mol. The number of carbonyl (C=O) groups excluding carboxylic acids is 2. The van der Waals surface area contributed by atoms with Gasteiger partial charge in [-0.3, -0.25) is 9.69 Å². The van der Waals surface area contributed by atoms with E-state index in [-0.39, 0.29) is 11.9 Å². The molecular formula is C26H24FN3O2S. The molecule has 1 atom stereocenters. The molecule has 0 bridgehead atoms. The van der Waals surface area contributed by atoms with Crippen LogP contribution in [0.1, 0.15) is 22.3 Å². The number of hydrogen-bond acceptors (Lipinski definition) is 3. The largest absolute Gasteiger partial charge is 0.334 e. The van der Waals surface area contributed by atoms with Gasteiger partial charge in [-0.25, -0.2) is 9.18 Å². The molecule has 0 radical (unpaired) electrons. The smallest absolute Gasteiger partial charge is 0.319 e. The molecule has 3 amide bonds. The lowest BCUT2D eigenvalue weighted by Gasteiger charge is -2.33. The van der Waals surface area contributed by atoms with Gasteiger partial charge in [0.15, 0.2) is 4.87 Å². The molecule has 33 heavy (non-hydrogen) atoms. The van der Waals surface area contributed by atoms with E-state index in [0.717, 1.165) is 16.7 Å². The topological polar surface area (TPSA) is 52.7 Å². The van der Waals surface area contributed by atoms with E-state index in [1.165, 1.54) is 23.9 Å². The van der Waals surface area contributed by atoms with Crippen molar-refractivity contribution in [2.75, 3.05) is 17.2 Å². The summed E-state index contributed by atoms with van der Waals surface area (Å²) in [5, 5.41) is 2.94. The number of halogens is 1. The third-order valence-electron chi connectivity index (χ3n) is 6.11. The molecule has 2 heterocycles. The number of hydrogen-bond donors (Lipinski definition) is 1. The first-order valence-electron chi connectivity index (χ1n) is 10.9. The van der Waals surface area contributed by atoms with Crippen molar-refractivity contribution >= 4 is 29.4 Å². The highest BCUT2D eigenvalue weighted by Gasteiger charge is 2.59. The van der Waals surface area contributed by atoms with Crippen molar-refractivity contribution in [2.45, 2.75) is 24.9 Å². The normalized spacial score (nSPS) is 19.3. The zero-order valence-corrected chi connectivity index (χ0v) is 19.1. The fourth-order valence-electron chi connectivity index (χ4n) is 4.61. The van der Waals surface area contributed by atoms with Gasteiger partial charge in [0, 0.05) is 24.4 Å². The maximum absolute atomic E-state index is 14.4. The number of nitrogens with zero attached hydrogens (tertiary/aromatic N) is 2. The monoisotopic (exact) mass is 461 g/mol. The number of amides is 3. The maximum atomic E-state index is 14.4. The molecule has 1 N–H and O–H groups in total. The fourth-order valence-corrected chi connectivity index (χ4v) is 6.06. The van der Waals surface area contributed by atoms with E-state index in [1.807, 2.05) is 61.5 Å². The summed E-state index contributed by atoms with van der Waals surface area (Å²) in [5.41, 5.74) is 4.25. The summed E-state index contributed by atoms with van der Waals surface area (Å²) in [6.07, 6.45) is 0. The van der Waals surface area contributed by atoms with Crippen LogP contribution in [0.25, 0.3) is 0 Å². The summed E-state index contributed by atoms with van der Waals surface area (Å²) < 4.78 is 14.4. The summed E-state index contributed by atoms with van der Waals surface area (Å²) in [6.45, 7) is 3.13. The maximum Gasteiger partial charge on any atom is 0.319 e. The Bertz CT molecular complexity index is 1220. The molecule has 2 aliphatic rings. The van der Waals surface area contributed by atoms with Gasteiger partial charge in [0.2, 0.25) is 0 Å². The molecular weight excluding hydrogens is 437 g/mol. The minimum Gasteiger partial charge on any atom is -0.334 e. The number of benzene rings is 3. The van der Waals surface area contributed by atoms with Crippen molar-refractivity contribution in [3.05, 3.63) is 101 Å². The molecule has 3 aromatic carbocycles. The number of urea groups is 1. The Kier molecular flexibility index (Phi) is 5.58. The van der Waals surface area contributed by atoms with Gasteiger partial charge in [-0.2, -0.15) is 0 Å². The van der Waals surface area contributed by atoms with Gasteiger partial charge in [-0.05, 0) is 36.2 Å². The SMILES string of the molecule is Cc1cccc(CN2C(=O)[C@]3(SCCN3C(=O)NCc3ccccc3)c3cc(F)ccc32)c1. The van der Waals surface area contributed by atoms with Crippen LogP contribution in [-0.2, 0) is 22.8 Å². The minimum atomic E-state index is -1.26. The summed E-state index contributed by atoms with van der Waals surface area (Å²) >= 11 is 1.39. The second-order valence-electron chi connectivity index (χ2n) is 8.33. The molecule has 0 unspecified atom stereocenters. The van der Waals surface area contributed by atoms with E-state index in [4.69, 9.17) is 0 Å². The Morgan fingerprint density at radius 3 is 2.64 bits per heavy atom. The van der Waals surface area contributed by atoms with Crippen molar-refractivity contribution in [1.82, 2.24) is 10.2 Å². The van der Waals surface area contributed by atoms with E-state index < -0.39 is 10.7 Å². The molecule has 0 saturated carbocycles. The highest BCUT2D eigenvalue weighted by atomic mass is 32.2. The van der Waals surface area contributed by atoms with Crippen LogP contribution < -0.4 is 10.2 Å². The lowest BCUT2D eigenvalue weighted by atomic mass is 10.1. The van der Waals surface area contributed by atoms with Crippen LogP contribution in [0.5, 0.6) is 0 Å². The van der Waals surface area contributed by atoms with Gasteiger partial charge in [-0.1, -0.05) is 60.2 Å². The molecule has 2 aliphatic heterocycles. The third-order valence-corrected chi connectivity index (χ3v) is 7.53. The zero-order valence-electron chi connectivity index (χ0n) is 18.3. The first kappa shape index (κ1) is 21.5. The number of thioether (sulfide) groups is 1. The second kappa shape index (κ2) is 8.56. The average Bonchev–Trinajstić information content (AvgIpc) is 3.35. The van der Waals surface area contributed by atoms with Crippen LogP contribution in [0.4, 0.5) is 14.9 Å². The fraction of sp³-hybridized carbons (Fsp3) is 0.231. The Morgan fingerprint density at radius 1 is 1.06 bits per heavy atom. The van der Waals surface area contributed by atoms with E-state index >= 15 is 0 Å². The van der Waals surface area contributed by atoms with Crippen LogP contribution in [0.2, 0.25) is 0 Å². The number of aryl methyl sites for hydroxylation is 1. The Labute approximate surface area is 196 Å². The van der Waals surface area contributed by atoms with Gasteiger partial charge in [0.25, 0.3) is 5.91 Å². The molecule has 0 aromatic heterocycles. The van der Waals surface area contributed by atoms with Crippen molar-refractivity contribution < 1.29 is 14.0 Å². The van der Waals surface area contributed by atoms with Crippen molar-refractivity contribution in [3.63, 3.8) is 0 Å². The zero-order chi connectivity index (χ0) is 23.0. The van der Waals surface area contributed by atoms with Crippen LogP contribution in [0.15, 0.2) is 72.8 Å². The van der Waals surface area contributed by atoms with Crippen molar-refractivity contribution in [2.24, 2.45) is 0 Å². The molecule has 168 valence electrons. The van der Waals surface area contributed by atoms with Crippen LogP contribution in [0.3, 0.4) is 0 Å². The molecule has 1 saturated heterocycles. The van der Waals surface area contributed by atoms with Gasteiger partial charge in [0.05, 0.1) is 12.2 Å². The molecule has 5 nitrogen and oxygen atoms in total.